The number of hydrogen-bond donors (Lipinski definition) is 5. The van der Waals surface area contributed by atoms with Gasteiger partial charge in [-0.15, -0.1) is 0 Å². The van der Waals surface area contributed by atoms with Crippen molar-refractivity contribution in [3.8, 4) is 0 Å². The van der Waals surface area contributed by atoms with Crippen LogP contribution in [0.4, 0.5) is 0 Å². The third-order valence-corrected chi connectivity index (χ3v) is 5.00. The molecule has 0 unspecified atom stereocenters. The van der Waals surface area contributed by atoms with Crippen molar-refractivity contribution in [1.29, 1.82) is 0 Å². The van der Waals surface area contributed by atoms with Gasteiger partial charge in [-0.05, 0) is 25.3 Å². The summed E-state index contributed by atoms with van der Waals surface area (Å²) in [5, 5.41) is 23.2. The van der Waals surface area contributed by atoms with Crippen LogP contribution in [-0.4, -0.2) is 76.1 Å². The predicted octanol–water partition coefficient (Wildman–Crippen LogP) is -1.39. The SMILES string of the molecule is C[C@H](NC(=O)[C@H](Cc1ccccc1)NC(=O)[C@@H]1CCCN1C(=O)[C@@H](N)CO)C(=O)O. The summed E-state index contributed by atoms with van der Waals surface area (Å²) >= 11 is 0. The molecule has 10 nitrogen and oxygen atoms in total. The molecule has 3 amide bonds. The van der Waals surface area contributed by atoms with Gasteiger partial charge in [-0.25, -0.2) is 0 Å². The molecule has 1 heterocycles. The number of nitrogens with two attached hydrogens (primary N) is 1. The molecule has 4 atom stereocenters. The Kier molecular flexibility index (Phi) is 8.31. The molecule has 1 aliphatic heterocycles. The summed E-state index contributed by atoms with van der Waals surface area (Å²) in [6, 6.07) is 4.91. The summed E-state index contributed by atoms with van der Waals surface area (Å²) in [6.07, 6.45) is 1.15. The lowest BCUT2D eigenvalue weighted by atomic mass is 10.0. The van der Waals surface area contributed by atoms with Crippen LogP contribution in [0.3, 0.4) is 0 Å². The van der Waals surface area contributed by atoms with Gasteiger partial charge < -0.3 is 31.5 Å². The van der Waals surface area contributed by atoms with Crippen molar-refractivity contribution < 1.29 is 29.4 Å². The van der Waals surface area contributed by atoms with Crippen molar-refractivity contribution in [3.63, 3.8) is 0 Å². The minimum Gasteiger partial charge on any atom is -0.480 e. The van der Waals surface area contributed by atoms with Crippen molar-refractivity contribution in [2.45, 2.75) is 50.4 Å². The molecule has 1 aromatic rings. The van der Waals surface area contributed by atoms with Crippen molar-refractivity contribution in [3.05, 3.63) is 35.9 Å². The van der Waals surface area contributed by atoms with Gasteiger partial charge in [-0.1, -0.05) is 30.3 Å². The molecular formula is C20H28N4O6. The van der Waals surface area contributed by atoms with Crippen LogP contribution >= 0.6 is 0 Å². The highest BCUT2D eigenvalue weighted by atomic mass is 16.4. The molecule has 1 fully saturated rings. The van der Waals surface area contributed by atoms with E-state index in [0.717, 1.165) is 5.56 Å². The molecule has 10 heteroatoms. The van der Waals surface area contributed by atoms with Crippen LogP contribution in [0.2, 0.25) is 0 Å². The number of nitrogens with one attached hydrogen (secondary N) is 2. The van der Waals surface area contributed by atoms with E-state index >= 15 is 0 Å². The lowest BCUT2D eigenvalue weighted by molar-refractivity contribution is -0.142. The Bertz CT molecular complexity index is 772. The molecule has 0 bridgehead atoms. The highest BCUT2D eigenvalue weighted by Crippen LogP contribution is 2.19. The third kappa shape index (κ3) is 6.01. The highest BCUT2D eigenvalue weighted by molar-refractivity contribution is 5.94. The summed E-state index contributed by atoms with van der Waals surface area (Å²) in [7, 11) is 0. The van der Waals surface area contributed by atoms with E-state index in [1.54, 1.807) is 24.3 Å². The lowest BCUT2D eigenvalue weighted by Crippen LogP contribution is -2.57. The zero-order valence-corrected chi connectivity index (χ0v) is 16.8. The Morgan fingerprint density at radius 1 is 1.20 bits per heavy atom. The standard InChI is InChI=1S/C20H28N4O6/c1-12(20(29)30)22-17(26)15(10-13-6-3-2-4-7-13)23-18(27)16-8-5-9-24(16)19(28)14(21)11-25/h2-4,6-7,12,14-16,25H,5,8-11,21H2,1H3,(H,22,26)(H,23,27)(H,29,30)/t12-,14-,15-,16-/m0/s1. The maximum absolute atomic E-state index is 12.9. The molecule has 0 saturated carbocycles. The minimum atomic E-state index is -1.20. The van der Waals surface area contributed by atoms with Crippen molar-refractivity contribution >= 4 is 23.7 Å². The molecule has 30 heavy (non-hydrogen) atoms. The van der Waals surface area contributed by atoms with E-state index in [2.05, 4.69) is 10.6 Å². The van der Waals surface area contributed by atoms with E-state index in [-0.39, 0.29) is 6.42 Å². The number of likely N-dealkylation sites (tertiary alicyclic amines) is 1. The first-order chi connectivity index (χ1) is 14.2. The second-order valence-corrected chi connectivity index (χ2v) is 7.30. The molecular weight excluding hydrogens is 392 g/mol. The minimum absolute atomic E-state index is 0.154. The summed E-state index contributed by atoms with van der Waals surface area (Å²) < 4.78 is 0. The second kappa shape index (κ2) is 10.7. The number of nitrogens with zero attached hydrogens (tertiary/aromatic N) is 1. The van der Waals surface area contributed by atoms with Crippen molar-refractivity contribution in [1.82, 2.24) is 15.5 Å². The first-order valence-electron chi connectivity index (χ1n) is 9.79. The van der Waals surface area contributed by atoms with Crippen LogP contribution in [0.15, 0.2) is 30.3 Å². The number of aliphatic hydroxyl groups excluding tert-OH is 1. The van der Waals surface area contributed by atoms with Crippen molar-refractivity contribution in [2.24, 2.45) is 5.73 Å². The molecule has 6 N–H and O–H groups in total. The number of carboxylic acids is 1. The summed E-state index contributed by atoms with van der Waals surface area (Å²) in [5.74, 6) is -2.88. The fraction of sp³-hybridized carbons (Fsp3) is 0.500. The number of rotatable bonds is 9. The van der Waals surface area contributed by atoms with E-state index in [9.17, 15) is 19.2 Å². The highest BCUT2D eigenvalue weighted by Gasteiger charge is 2.37. The van der Waals surface area contributed by atoms with Gasteiger partial charge in [0.15, 0.2) is 0 Å². The number of hydrogen-bond acceptors (Lipinski definition) is 6. The fourth-order valence-corrected chi connectivity index (χ4v) is 3.30. The largest absolute Gasteiger partial charge is 0.480 e. The number of aliphatic hydroxyl groups is 1. The maximum atomic E-state index is 12.9. The Balaban J connectivity index is 2.15. The van der Waals surface area contributed by atoms with Crippen LogP contribution in [-0.2, 0) is 25.6 Å². The molecule has 1 saturated heterocycles. The van der Waals surface area contributed by atoms with Gasteiger partial charge in [-0.2, -0.15) is 0 Å². The van der Waals surface area contributed by atoms with Crippen LogP contribution < -0.4 is 16.4 Å². The molecule has 1 aliphatic rings. The van der Waals surface area contributed by atoms with Crippen LogP contribution in [0.5, 0.6) is 0 Å². The topological polar surface area (TPSA) is 162 Å². The van der Waals surface area contributed by atoms with Gasteiger partial charge in [0.1, 0.15) is 24.2 Å². The van der Waals surface area contributed by atoms with E-state index in [1.807, 2.05) is 6.07 Å². The van der Waals surface area contributed by atoms with E-state index in [1.165, 1.54) is 11.8 Å². The Morgan fingerprint density at radius 2 is 1.87 bits per heavy atom. The zero-order chi connectivity index (χ0) is 22.3. The zero-order valence-electron chi connectivity index (χ0n) is 16.8. The quantitative estimate of drug-likeness (QED) is 0.329. The first-order valence-corrected chi connectivity index (χ1v) is 9.79. The lowest BCUT2D eigenvalue weighted by Gasteiger charge is -2.28. The molecule has 0 radical (unpaired) electrons. The molecule has 164 valence electrons. The molecule has 1 aromatic carbocycles. The van der Waals surface area contributed by atoms with E-state index in [4.69, 9.17) is 15.9 Å². The smallest absolute Gasteiger partial charge is 0.325 e. The Labute approximate surface area is 174 Å². The maximum Gasteiger partial charge on any atom is 0.325 e. The normalized spacial score (nSPS) is 18.9. The number of amides is 3. The first kappa shape index (κ1) is 23.3. The van der Waals surface area contributed by atoms with E-state index in [0.29, 0.717) is 19.4 Å². The van der Waals surface area contributed by atoms with E-state index < -0.39 is 54.5 Å². The van der Waals surface area contributed by atoms with Gasteiger partial charge in [-0.3, -0.25) is 19.2 Å². The average Bonchev–Trinajstić information content (AvgIpc) is 3.22. The summed E-state index contributed by atoms with van der Waals surface area (Å²) in [5.41, 5.74) is 6.38. The number of carboxylic acid groups (broad SMARTS) is 1. The number of aliphatic carboxylic acids is 1. The van der Waals surface area contributed by atoms with Crippen LogP contribution in [0.25, 0.3) is 0 Å². The van der Waals surface area contributed by atoms with Gasteiger partial charge >= 0.3 is 5.97 Å². The van der Waals surface area contributed by atoms with Gasteiger partial charge in [0.25, 0.3) is 0 Å². The van der Waals surface area contributed by atoms with Crippen LogP contribution in [0, 0.1) is 0 Å². The molecule has 0 aliphatic carbocycles. The molecule has 0 spiro atoms. The predicted molar refractivity (Wildman–Crippen MR) is 107 cm³/mol. The molecule has 2 rings (SSSR count). The Hall–Kier alpha value is -2.98. The van der Waals surface area contributed by atoms with Gasteiger partial charge in [0.05, 0.1) is 6.61 Å². The summed E-state index contributed by atoms with van der Waals surface area (Å²) in [6.45, 7) is 1.13. The number of carbonyl (C=O) groups excluding carboxylic acids is 3. The van der Waals surface area contributed by atoms with Gasteiger partial charge in [0.2, 0.25) is 17.7 Å². The fourth-order valence-electron chi connectivity index (χ4n) is 3.30. The second-order valence-electron chi connectivity index (χ2n) is 7.30. The summed E-state index contributed by atoms with van der Waals surface area (Å²) in [4.78, 5) is 50.3. The number of carbonyl (C=O) groups is 4. The monoisotopic (exact) mass is 420 g/mol. The van der Waals surface area contributed by atoms with Crippen molar-refractivity contribution in [2.75, 3.05) is 13.2 Å². The average molecular weight is 420 g/mol. The van der Waals surface area contributed by atoms with Gasteiger partial charge in [0, 0.05) is 13.0 Å². The van der Waals surface area contributed by atoms with Crippen LogP contribution in [0.1, 0.15) is 25.3 Å². The third-order valence-electron chi connectivity index (χ3n) is 5.00. The molecule has 0 aromatic heterocycles. The number of benzene rings is 1. The Morgan fingerprint density at radius 3 is 2.47 bits per heavy atom.